The van der Waals surface area contributed by atoms with Crippen LogP contribution in [0.25, 0.3) is 0 Å². The Hall–Kier alpha value is -1.62. The third-order valence-corrected chi connectivity index (χ3v) is 1.44. The van der Waals surface area contributed by atoms with E-state index >= 15 is 0 Å². The first-order valence-corrected chi connectivity index (χ1v) is 3.71. The number of aromatic nitrogens is 1. The van der Waals surface area contributed by atoms with Crippen molar-refractivity contribution < 1.29 is 14.4 Å². The third-order valence-electron chi connectivity index (χ3n) is 1.44. The van der Waals surface area contributed by atoms with E-state index in [1.807, 2.05) is 0 Å². The van der Waals surface area contributed by atoms with Crippen LogP contribution in [0.5, 0.6) is 0 Å². The number of nitrogens with one attached hydrogen (secondary N) is 1. The van der Waals surface area contributed by atoms with E-state index in [-0.39, 0.29) is 12.1 Å². The summed E-state index contributed by atoms with van der Waals surface area (Å²) >= 11 is 0. The van der Waals surface area contributed by atoms with Crippen molar-refractivity contribution in [2.24, 2.45) is 0 Å². The fourth-order valence-corrected chi connectivity index (χ4v) is 0.746. The molecule has 0 radical (unpaired) electrons. The van der Waals surface area contributed by atoms with Gasteiger partial charge in [0.2, 0.25) is 0 Å². The molecule has 5 nitrogen and oxygen atoms in total. The van der Waals surface area contributed by atoms with Gasteiger partial charge in [-0.2, -0.15) is 0 Å². The smallest absolute Gasteiger partial charge is 0.332 e. The van der Waals surface area contributed by atoms with Gasteiger partial charge in [0.1, 0.15) is 6.26 Å². The van der Waals surface area contributed by atoms with E-state index in [4.69, 9.17) is 5.11 Å². The van der Waals surface area contributed by atoms with Gasteiger partial charge in [0.25, 0.3) is 0 Å². The molecule has 1 heterocycles. The third kappa shape index (κ3) is 3.08. The van der Waals surface area contributed by atoms with Crippen LogP contribution < -0.4 is 5.32 Å². The van der Waals surface area contributed by atoms with Gasteiger partial charge in [-0.1, -0.05) is 11.7 Å². The van der Waals surface area contributed by atoms with Gasteiger partial charge in [0.15, 0.2) is 0 Å². The Morgan fingerprint density at radius 2 is 2.54 bits per heavy atom. The number of carboxylic acid groups (broad SMARTS) is 1. The van der Waals surface area contributed by atoms with Crippen molar-refractivity contribution in [3.8, 4) is 0 Å². The molecular weight excluding hydrogens is 172 g/mol. The standard InChI is InChI=1S/C8H10N2O3/c1-6(8(11)12)4-9-5-7-2-3-13-10-7/h2-3,9H,1,4-5H2,(H,11,12). The highest BCUT2D eigenvalue weighted by Crippen LogP contribution is 1.94. The van der Waals surface area contributed by atoms with Crippen molar-refractivity contribution in [1.29, 1.82) is 0 Å². The molecule has 13 heavy (non-hydrogen) atoms. The molecule has 0 bridgehead atoms. The number of carbonyl (C=O) groups is 1. The summed E-state index contributed by atoms with van der Waals surface area (Å²) in [5, 5.41) is 15.0. The molecule has 0 atom stereocenters. The molecule has 0 saturated heterocycles. The molecular formula is C8H10N2O3. The van der Waals surface area contributed by atoms with E-state index < -0.39 is 5.97 Å². The predicted molar refractivity (Wildman–Crippen MR) is 45.0 cm³/mol. The van der Waals surface area contributed by atoms with Gasteiger partial charge in [-0.05, 0) is 0 Å². The number of nitrogens with zero attached hydrogens (tertiary/aromatic N) is 1. The van der Waals surface area contributed by atoms with Crippen LogP contribution in [0.4, 0.5) is 0 Å². The highest BCUT2D eigenvalue weighted by molar-refractivity contribution is 5.86. The molecule has 2 N–H and O–H groups in total. The SMILES string of the molecule is C=C(CNCc1ccon1)C(=O)O. The molecule has 1 aromatic heterocycles. The van der Waals surface area contributed by atoms with Crippen molar-refractivity contribution >= 4 is 5.97 Å². The van der Waals surface area contributed by atoms with Crippen LogP contribution in [0.3, 0.4) is 0 Å². The van der Waals surface area contributed by atoms with Gasteiger partial charge < -0.3 is 14.9 Å². The Morgan fingerprint density at radius 3 is 3.08 bits per heavy atom. The van der Waals surface area contributed by atoms with E-state index in [1.165, 1.54) is 6.26 Å². The summed E-state index contributed by atoms with van der Waals surface area (Å²) < 4.78 is 4.59. The fourth-order valence-electron chi connectivity index (χ4n) is 0.746. The molecule has 0 unspecified atom stereocenters. The average molecular weight is 182 g/mol. The summed E-state index contributed by atoms with van der Waals surface area (Å²) in [5.74, 6) is -0.993. The second-order valence-electron chi connectivity index (χ2n) is 2.50. The Morgan fingerprint density at radius 1 is 1.77 bits per heavy atom. The van der Waals surface area contributed by atoms with E-state index in [0.29, 0.717) is 6.54 Å². The fraction of sp³-hybridized carbons (Fsp3) is 0.250. The van der Waals surface area contributed by atoms with Crippen molar-refractivity contribution in [1.82, 2.24) is 10.5 Å². The highest BCUT2D eigenvalue weighted by atomic mass is 16.5. The number of rotatable bonds is 5. The number of hydrogen-bond donors (Lipinski definition) is 2. The van der Waals surface area contributed by atoms with E-state index in [0.717, 1.165) is 5.69 Å². The maximum Gasteiger partial charge on any atom is 0.332 e. The molecule has 1 rings (SSSR count). The van der Waals surface area contributed by atoms with Crippen molar-refractivity contribution in [2.75, 3.05) is 6.54 Å². The minimum absolute atomic E-state index is 0.128. The zero-order valence-electron chi connectivity index (χ0n) is 6.99. The Bertz CT molecular complexity index is 292. The van der Waals surface area contributed by atoms with Crippen molar-refractivity contribution in [3.63, 3.8) is 0 Å². The molecule has 0 fully saturated rings. The topological polar surface area (TPSA) is 75.4 Å². The Kier molecular flexibility index (Phi) is 3.22. The normalized spacial score (nSPS) is 9.85. The largest absolute Gasteiger partial charge is 0.478 e. The van der Waals surface area contributed by atoms with Crippen LogP contribution in [-0.2, 0) is 11.3 Å². The first kappa shape index (κ1) is 9.47. The Balaban J connectivity index is 2.22. The number of hydrogen-bond acceptors (Lipinski definition) is 4. The van der Waals surface area contributed by atoms with Crippen LogP contribution in [0.1, 0.15) is 5.69 Å². The van der Waals surface area contributed by atoms with Gasteiger partial charge in [0, 0.05) is 24.7 Å². The summed E-state index contributed by atoms with van der Waals surface area (Å²) in [6, 6.07) is 1.70. The predicted octanol–water partition coefficient (Wildman–Crippen LogP) is 0.405. The zero-order valence-corrected chi connectivity index (χ0v) is 6.99. The summed E-state index contributed by atoms with van der Waals surface area (Å²) in [6.07, 6.45) is 1.46. The molecule has 0 spiro atoms. The maximum atomic E-state index is 10.3. The quantitative estimate of drug-likeness (QED) is 0.645. The first-order chi connectivity index (χ1) is 6.20. The summed E-state index contributed by atoms with van der Waals surface area (Å²) in [6.45, 7) is 4.08. The van der Waals surface area contributed by atoms with Crippen LogP contribution in [-0.4, -0.2) is 22.8 Å². The Labute approximate surface area is 75.0 Å². The van der Waals surface area contributed by atoms with E-state index in [9.17, 15) is 4.79 Å². The van der Waals surface area contributed by atoms with E-state index in [1.54, 1.807) is 6.07 Å². The molecule has 0 saturated carbocycles. The number of aliphatic carboxylic acids is 1. The average Bonchev–Trinajstić information content (AvgIpc) is 2.56. The molecule has 0 amide bonds. The van der Waals surface area contributed by atoms with Crippen LogP contribution in [0.2, 0.25) is 0 Å². The molecule has 1 aromatic rings. The van der Waals surface area contributed by atoms with Crippen LogP contribution in [0.15, 0.2) is 29.0 Å². The highest BCUT2D eigenvalue weighted by Gasteiger charge is 2.03. The van der Waals surface area contributed by atoms with Crippen molar-refractivity contribution in [3.05, 3.63) is 30.2 Å². The van der Waals surface area contributed by atoms with Crippen LogP contribution >= 0.6 is 0 Å². The monoisotopic (exact) mass is 182 g/mol. The minimum Gasteiger partial charge on any atom is -0.478 e. The summed E-state index contributed by atoms with van der Waals surface area (Å²) in [7, 11) is 0. The lowest BCUT2D eigenvalue weighted by Gasteiger charge is -2.00. The molecule has 0 aliphatic heterocycles. The van der Waals surface area contributed by atoms with Crippen LogP contribution in [0, 0.1) is 0 Å². The minimum atomic E-state index is -0.993. The molecule has 0 aromatic carbocycles. The molecule has 0 aliphatic rings. The summed E-state index contributed by atoms with van der Waals surface area (Å²) in [5.41, 5.74) is 0.863. The van der Waals surface area contributed by atoms with Gasteiger partial charge in [-0.15, -0.1) is 0 Å². The van der Waals surface area contributed by atoms with Gasteiger partial charge in [-0.3, -0.25) is 0 Å². The van der Waals surface area contributed by atoms with Crippen molar-refractivity contribution in [2.45, 2.75) is 6.54 Å². The maximum absolute atomic E-state index is 10.3. The first-order valence-electron chi connectivity index (χ1n) is 3.71. The lowest BCUT2D eigenvalue weighted by molar-refractivity contribution is -0.132. The van der Waals surface area contributed by atoms with E-state index in [2.05, 4.69) is 21.6 Å². The second kappa shape index (κ2) is 4.42. The lowest BCUT2D eigenvalue weighted by atomic mass is 10.3. The van der Waals surface area contributed by atoms with Gasteiger partial charge in [-0.25, -0.2) is 4.79 Å². The molecule has 70 valence electrons. The van der Waals surface area contributed by atoms with Gasteiger partial charge in [0.05, 0.1) is 5.69 Å². The summed E-state index contributed by atoms with van der Waals surface area (Å²) in [4.78, 5) is 10.3. The molecule has 5 heteroatoms. The molecule has 0 aliphatic carbocycles. The van der Waals surface area contributed by atoms with Gasteiger partial charge >= 0.3 is 5.97 Å². The number of carboxylic acids is 1. The second-order valence-corrected chi connectivity index (χ2v) is 2.50. The lowest BCUT2D eigenvalue weighted by Crippen LogP contribution is -2.19. The zero-order chi connectivity index (χ0) is 9.68.